The quantitative estimate of drug-likeness (QED) is 0.689. The van der Waals surface area contributed by atoms with Gasteiger partial charge in [-0.25, -0.2) is 0 Å². The van der Waals surface area contributed by atoms with E-state index in [1.54, 1.807) is 0 Å². The van der Waals surface area contributed by atoms with Gasteiger partial charge in [-0.15, -0.1) is 0 Å². The number of hydrogen-bond acceptors (Lipinski definition) is 2. The normalized spacial score (nSPS) is 41.8. The summed E-state index contributed by atoms with van der Waals surface area (Å²) in [5, 5.41) is 0. The van der Waals surface area contributed by atoms with E-state index in [1.807, 2.05) is 0 Å². The first kappa shape index (κ1) is 13.4. The molecule has 17 heavy (non-hydrogen) atoms. The van der Waals surface area contributed by atoms with Crippen molar-refractivity contribution in [2.75, 3.05) is 0 Å². The molecule has 2 saturated carbocycles. The molecule has 0 heterocycles. The molecule has 3 unspecified atom stereocenters. The molecule has 0 aromatic carbocycles. The largest absolute Gasteiger partial charge is 0.327 e. The molecule has 0 spiro atoms. The molecule has 2 aliphatic rings. The minimum atomic E-state index is 0.0280. The first-order chi connectivity index (χ1) is 8.14. The van der Waals surface area contributed by atoms with Gasteiger partial charge in [0, 0.05) is 11.6 Å². The van der Waals surface area contributed by atoms with Crippen LogP contribution in [-0.4, -0.2) is 11.6 Å². The second kappa shape index (κ2) is 5.71. The number of hydrogen-bond donors (Lipinski definition) is 2. The van der Waals surface area contributed by atoms with Crippen LogP contribution in [0, 0.1) is 11.8 Å². The highest BCUT2D eigenvalue weighted by atomic mass is 14.8. The molecule has 2 aliphatic carbocycles. The smallest absolute Gasteiger partial charge is 0.0223 e. The third kappa shape index (κ3) is 2.85. The summed E-state index contributed by atoms with van der Waals surface area (Å²) in [6, 6.07) is 0.325. The van der Waals surface area contributed by atoms with Gasteiger partial charge in [0.05, 0.1) is 0 Å². The summed E-state index contributed by atoms with van der Waals surface area (Å²) in [4.78, 5) is 0. The van der Waals surface area contributed by atoms with E-state index in [-0.39, 0.29) is 5.54 Å². The molecular formula is C15H30N2. The van der Waals surface area contributed by atoms with Crippen LogP contribution in [0.2, 0.25) is 0 Å². The van der Waals surface area contributed by atoms with Gasteiger partial charge in [-0.3, -0.25) is 0 Å². The molecule has 4 N–H and O–H groups in total. The fraction of sp³-hybridized carbons (Fsp3) is 1.00. The predicted octanol–water partition coefficient (Wildman–Crippen LogP) is 3.19. The summed E-state index contributed by atoms with van der Waals surface area (Å²) in [6.45, 7) is 2.31. The Morgan fingerprint density at radius 1 is 0.882 bits per heavy atom. The second-order valence-corrected chi connectivity index (χ2v) is 6.50. The van der Waals surface area contributed by atoms with Crippen LogP contribution in [0.4, 0.5) is 0 Å². The SMILES string of the molecule is CC1C(N)CCCCC1(N)C1CCCCCC1. The van der Waals surface area contributed by atoms with E-state index in [0.29, 0.717) is 12.0 Å². The van der Waals surface area contributed by atoms with Crippen molar-refractivity contribution in [1.82, 2.24) is 0 Å². The molecule has 2 fully saturated rings. The van der Waals surface area contributed by atoms with Crippen LogP contribution in [-0.2, 0) is 0 Å². The first-order valence-electron chi connectivity index (χ1n) is 7.69. The summed E-state index contributed by atoms with van der Waals surface area (Å²) in [7, 11) is 0. The van der Waals surface area contributed by atoms with Crippen LogP contribution in [0.25, 0.3) is 0 Å². The van der Waals surface area contributed by atoms with E-state index >= 15 is 0 Å². The third-order valence-electron chi connectivity index (χ3n) is 5.50. The molecular weight excluding hydrogens is 208 g/mol. The summed E-state index contributed by atoms with van der Waals surface area (Å²) >= 11 is 0. The van der Waals surface area contributed by atoms with Crippen molar-refractivity contribution in [2.24, 2.45) is 23.3 Å². The summed E-state index contributed by atoms with van der Waals surface area (Å²) in [5.74, 6) is 1.22. The van der Waals surface area contributed by atoms with E-state index in [4.69, 9.17) is 11.5 Å². The predicted molar refractivity (Wildman–Crippen MR) is 73.7 cm³/mol. The van der Waals surface area contributed by atoms with Crippen LogP contribution >= 0.6 is 0 Å². The molecule has 0 aromatic heterocycles. The Balaban J connectivity index is 2.12. The minimum Gasteiger partial charge on any atom is -0.327 e. The Kier molecular flexibility index (Phi) is 4.48. The minimum absolute atomic E-state index is 0.0280. The Morgan fingerprint density at radius 3 is 2.12 bits per heavy atom. The van der Waals surface area contributed by atoms with E-state index < -0.39 is 0 Å². The average Bonchev–Trinajstić information content (AvgIpc) is 2.66. The topological polar surface area (TPSA) is 52.0 Å². The lowest BCUT2D eigenvalue weighted by Crippen LogP contribution is -2.56. The van der Waals surface area contributed by atoms with Crippen LogP contribution in [0.5, 0.6) is 0 Å². The lowest BCUT2D eigenvalue weighted by Gasteiger charge is -2.43. The zero-order valence-electron chi connectivity index (χ0n) is 11.5. The van der Waals surface area contributed by atoms with Gasteiger partial charge < -0.3 is 11.5 Å². The highest BCUT2D eigenvalue weighted by molar-refractivity contribution is 5.00. The maximum atomic E-state index is 6.86. The highest BCUT2D eigenvalue weighted by Crippen LogP contribution is 2.41. The van der Waals surface area contributed by atoms with Gasteiger partial charge in [0.2, 0.25) is 0 Å². The zero-order chi connectivity index (χ0) is 12.3. The molecule has 0 aliphatic heterocycles. The lowest BCUT2D eigenvalue weighted by atomic mass is 9.68. The van der Waals surface area contributed by atoms with Crippen LogP contribution in [0.1, 0.15) is 71.1 Å². The van der Waals surface area contributed by atoms with Gasteiger partial charge in [-0.05, 0) is 37.5 Å². The summed E-state index contributed by atoms with van der Waals surface area (Å²) < 4.78 is 0. The molecule has 2 heteroatoms. The van der Waals surface area contributed by atoms with Gasteiger partial charge in [0.25, 0.3) is 0 Å². The third-order valence-corrected chi connectivity index (χ3v) is 5.50. The Hall–Kier alpha value is -0.0800. The van der Waals surface area contributed by atoms with Crippen LogP contribution < -0.4 is 11.5 Å². The summed E-state index contributed by atoms with van der Waals surface area (Å²) in [5.41, 5.74) is 13.2. The number of nitrogens with two attached hydrogens (primary N) is 2. The van der Waals surface area contributed by atoms with Crippen molar-refractivity contribution < 1.29 is 0 Å². The highest BCUT2D eigenvalue weighted by Gasteiger charge is 2.42. The molecule has 2 rings (SSSR count). The Labute approximate surface area is 107 Å². The van der Waals surface area contributed by atoms with Crippen molar-refractivity contribution in [3.63, 3.8) is 0 Å². The van der Waals surface area contributed by atoms with Gasteiger partial charge in [-0.1, -0.05) is 45.4 Å². The van der Waals surface area contributed by atoms with E-state index in [9.17, 15) is 0 Å². The van der Waals surface area contributed by atoms with E-state index in [0.717, 1.165) is 5.92 Å². The monoisotopic (exact) mass is 238 g/mol. The zero-order valence-corrected chi connectivity index (χ0v) is 11.5. The molecule has 3 atom stereocenters. The van der Waals surface area contributed by atoms with E-state index in [2.05, 4.69) is 6.92 Å². The Morgan fingerprint density at radius 2 is 1.47 bits per heavy atom. The second-order valence-electron chi connectivity index (χ2n) is 6.50. The standard InChI is InChI=1S/C15H30N2/c1-12-14(16)10-6-7-11-15(12,17)13-8-4-2-3-5-9-13/h12-14H,2-11,16-17H2,1H3. The molecule has 0 aromatic rings. The first-order valence-corrected chi connectivity index (χ1v) is 7.69. The maximum Gasteiger partial charge on any atom is 0.0223 e. The molecule has 2 nitrogen and oxygen atoms in total. The van der Waals surface area contributed by atoms with Crippen LogP contribution in [0.3, 0.4) is 0 Å². The van der Waals surface area contributed by atoms with Crippen molar-refractivity contribution in [3.05, 3.63) is 0 Å². The maximum absolute atomic E-state index is 6.86. The fourth-order valence-electron chi connectivity index (χ4n) is 4.08. The van der Waals surface area contributed by atoms with Gasteiger partial charge in [0.1, 0.15) is 0 Å². The average molecular weight is 238 g/mol. The van der Waals surface area contributed by atoms with Gasteiger partial charge in [-0.2, -0.15) is 0 Å². The van der Waals surface area contributed by atoms with Crippen molar-refractivity contribution in [3.8, 4) is 0 Å². The Bertz CT molecular complexity index is 233. The molecule has 0 saturated heterocycles. The lowest BCUT2D eigenvalue weighted by molar-refractivity contribution is 0.144. The van der Waals surface area contributed by atoms with Crippen LogP contribution in [0.15, 0.2) is 0 Å². The van der Waals surface area contributed by atoms with E-state index in [1.165, 1.54) is 64.2 Å². The molecule has 100 valence electrons. The van der Waals surface area contributed by atoms with Gasteiger partial charge in [0.15, 0.2) is 0 Å². The van der Waals surface area contributed by atoms with Crippen molar-refractivity contribution in [2.45, 2.75) is 82.7 Å². The fourth-order valence-corrected chi connectivity index (χ4v) is 4.08. The number of rotatable bonds is 1. The summed E-state index contributed by atoms with van der Waals surface area (Å²) in [6.07, 6.45) is 13.2. The molecule has 0 bridgehead atoms. The molecule has 0 amide bonds. The van der Waals surface area contributed by atoms with Crippen molar-refractivity contribution >= 4 is 0 Å². The molecule has 0 radical (unpaired) electrons. The van der Waals surface area contributed by atoms with Crippen molar-refractivity contribution in [1.29, 1.82) is 0 Å². The van der Waals surface area contributed by atoms with Gasteiger partial charge >= 0.3 is 0 Å².